The minimum absolute atomic E-state index is 0.621. The van der Waals surface area contributed by atoms with Gasteiger partial charge in [-0.15, -0.1) is 0 Å². The lowest BCUT2D eigenvalue weighted by Gasteiger charge is -2.13. The van der Waals surface area contributed by atoms with Gasteiger partial charge < -0.3 is 4.42 Å². The van der Waals surface area contributed by atoms with Gasteiger partial charge in [-0.3, -0.25) is 0 Å². The maximum atomic E-state index is 6.17. The van der Waals surface area contributed by atoms with Gasteiger partial charge in [0.25, 0.3) is 0 Å². The van der Waals surface area contributed by atoms with Crippen molar-refractivity contribution in [1.82, 2.24) is 15.0 Å². The number of rotatable bonds is 8. The minimum atomic E-state index is 0.621. The molecular formula is C61H39N3O. The van der Waals surface area contributed by atoms with Crippen LogP contribution in [-0.2, 0) is 0 Å². The van der Waals surface area contributed by atoms with Gasteiger partial charge in [0.2, 0.25) is 0 Å². The molecule has 0 N–H and O–H groups in total. The predicted octanol–water partition coefficient (Wildman–Crippen LogP) is 16.3. The molecule has 10 aromatic carbocycles. The van der Waals surface area contributed by atoms with Crippen molar-refractivity contribution in [2.75, 3.05) is 0 Å². The number of hydrogen-bond donors (Lipinski definition) is 0. The van der Waals surface area contributed by atoms with E-state index in [2.05, 4.69) is 200 Å². The summed E-state index contributed by atoms with van der Waals surface area (Å²) in [5.74, 6) is 1.87. The Morgan fingerprint density at radius 1 is 0.246 bits per heavy atom. The molecule has 12 aromatic rings. The van der Waals surface area contributed by atoms with E-state index in [1.807, 2.05) is 36.4 Å². The van der Waals surface area contributed by atoms with Gasteiger partial charge in [-0.2, -0.15) is 0 Å². The highest BCUT2D eigenvalue weighted by Gasteiger charge is 2.17. The number of benzene rings is 10. The molecule has 2 heterocycles. The molecule has 0 bridgehead atoms. The van der Waals surface area contributed by atoms with E-state index in [4.69, 9.17) is 19.4 Å². The average Bonchev–Trinajstić information content (AvgIpc) is 3.78. The largest absolute Gasteiger partial charge is 0.456 e. The van der Waals surface area contributed by atoms with E-state index in [0.717, 1.165) is 72.0 Å². The summed E-state index contributed by atoms with van der Waals surface area (Å²) in [5.41, 5.74) is 16.0. The normalized spacial score (nSPS) is 11.4. The van der Waals surface area contributed by atoms with Crippen LogP contribution in [0.3, 0.4) is 0 Å². The molecule has 0 saturated heterocycles. The third-order valence-corrected chi connectivity index (χ3v) is 12.4. The molecule has 0 amide bonds. The van der Waals surface area contributed by atoms with Gasteiger partial charge in [0, 0.05) is 27.5 Å². The van der Waals surface area contributed by atoms with Crippen LogP contribution in [-0.4, -0.2) is 15.0 Å². The topological polar surface area (TPSA) is 51.8 Å². The number of fused-ring (bicyclic) bond motifs is 4. The van der Waals surface area contributed by atoms with Crippen molar-refractivity contribution in [2.24, 2.45) is 0 Å². The third-order valence-electron chi connectivity index (χ3n) is 12.4. The number of furan rings is 1. The van der Waals surface area contributed by atoms with Gasteiger partial charge >= 0.3 is 0 Å². The lowest BCUT2D eigenvalue weighted by molar-refractivity contribution is 0.669. The summed E-state index contributed by atoms with van der Waals surface area (Å²) >= 11 is 0. The first kappa shape index (κ1) is 38.0. The summed E-state index contributed by atoms with van der Waals surface area (Å²) in [7, 11) is 0. The fourth-order valence-corrected chi connectivity index (χ4v) is 9.04. The summed E-state index contributed by atoms with van der Waals surface area (Å²) in [6, 6.07) is 83.0. The Balaban J connectivity index is 0.856. The molecule has 12 rings (SSSR count). The summed E-state index contributed by atoms with van der Waals surface area (Å²) in [6.07, 6.45) is 0. The van der Waals surface area contributed by atoms with E-state index in [9.17, 15) is 0 Å². The van der Waals surface area contributed by atoms with E-state index in [1.165, 1.54) is 33.0 Å². The van der Waals surface area contributed by atoms with E-state index in [-0.39, 0.29) is 0 Å². The first-order valence-corrected chi connectivity index (χ1v) is 21.9. The molecule has 0 spiro atoms. The third kappa shape index (κ3) is 7.23. The van der Waals surface area contributed by atoms with Crippen LogP contribution in [0.5, 0.6) is 0 Å². The molecular weight excluding hydrogens is 791 g/mol. The van der Waals surface area contributed by atoms with E-state index < -0.39 is 0 Å². The van der Waals surface area contributed by atoms with Crippen molar-refractivity contribution >= 4 is 32.7 Å². The van der Waals surface area contributed by atoms with Crippen molar-refractivity contribution < 1.29 is 4.42 Å². The van der Waals surface area contributed by atoms with Gasteiger partial charge in [0.1, 0.15) is 11.2 Å². The first-order valence-electron chi connectivity index (χ1n) is 21.9. The SMILES string of the molecule is c1ccc(-c2cccc(-c3nc(-c4ccc(-c5ccc6cc(-c7ccc(-c8cccc9oc%10ccccc%10c89)cc7)ccc6c5)cc4)nc(-c4ccccc4-c4ccccc4)n3)c2)cc1. The zero-order valence-electron chi connectivity index (χ0n) is 35.3. The molecule has 0 fully saturated rings. The molecule has 65 heavy (non-hydrogen) atoms. The number of nitrogens with zero attached hydrogens (tertiary/aromatic N) is 3. The highest BCUT2D eigenvalue weighted by atomic mass is 16.3. The van der Waals surface area contributed by atoms with Crippen LogP contribution in [0.15, 0.2) is 241 Å². The van der Waals surface area contributed by atoms with Crippen LogP contribution in [0.25, 0.3) is 123 Å². The first-order chi connectivity index (χ1) is 32.2. The maximum absolute atomic E-state index is 6.17. The van der Waals surface area contributed by atoms with Crippen LogP contribution in [0.1, 0.15) is 0 Å². The molecule has 0 aliphatic rings. The lowest BCUT2D eigenvalue weighted by Crippen LogP contribution is -2.01. The maximum Gasteiger partial charge on any atom is 0.164 e. The van der Waals surface area contributed by atoms with Gasteiger partial charge in [-0.1, -0.05) is 206 Å². The van der Waals surface area contributed by atoms with Crippen molar-refractivity contribution in [3.05, 3.63) is 237 Å². The summed E-state index contributed by atoms with van der Waals surface area (Å²) < 4.78 is 6.17. The standard InChI is InChI=1S/C61H39N3O/c1-3-13-40(14-4-1)46-17-11-18-51(39-46)60-62-59(63-61(64-60)54-20-8-7-19-52(54)43-15-5-2-6-16-43)45-31-27-42(28-32-45)48-34-36-49-37-47(33-35-50(49)38-48)41-25-29-44(30-26-41)53-22-12-24-57-58(53)55-21-9-10-23-56(55)65-57/h1-39H. The molecule has 304 valence electrons. The van der Waals surface area contributed by atoms with Gasteiger partial charge in [-0.25, -0.2) is 15.0 Å². The smallest absolute Gasteiger partial charge is 0.164 e. The molecule has 4 heteroatoms. The molecule has 0 radical (unpaired) electrons. The van der Waals surface area contributed by atoms with E-state index in [1.54, 1.807) is 0 Å². The second-order valence-electron chi connectivity index (χ2n) is 16.4. The quantitative estimate of drug-likeness (QED) is 0.153. The van der Waals surface area contributed by atoms with E-state index in [0.29, 0.717) is 17.5 Å². The summed E-state index contributed by atoms with van der Waals surface area (Å²) in [5, 5.41) is 4.67. The lowest BCUT2D eigenvalue weighted by atomic mass is 9.95. The van der Waals surface area contributed by atoms with Crippen LogP contribution < -0.4 is 0 Å². The van der Waals surface area contributed by atoms with E-state index >= 15 is 0 Å². The second-order valence-corrected chi connectivity index (χ2v) is 16.4. The highest BCUT2D eigenvalue weighted by molar-refractivity contribution is 6.12. The Kier molecular flexibility index (Phi) is 9.46. The molecule has 0 atom stereocenters. The zero-order chi connectivity index (χ0) is 43.1. The van der Waals surface area contributed by atoms with Crippen LogP contribution in [0.4, 0.5) is 0 Å². The number of aromatic nitrogens is 3. The fraction of sp³-hybridized carbons (Fsp3) is 0. The summed E-state index contributed by atoms with van der Waals surface area (Å²) in [4.78, 5) is 15.4. The molecule has 0 unspecified atom stereocenters. The second kappa shape index (κ2) is 16.2. The Morgan fingerprint density at radius 2 is 0.677 bits per heavy atom. The molecule has 4 nitrogen and oxygen atoms in total. The Hall–Kier alpha value is -8.73. The van der Waals surface area contributed by atoms with Crippen molar-refractivity contribution in [3.63, 3.8) is 0 Å². The predicted molar refractivity (Wildman–Crippen MR) is 268 cm³/mol. The highest BCUT2D eigenvalue weighted by Crippen LogP contribution is 2.38. The van der Waals surface area contributed by atoms with Gasteiger partial charge in [-0.05, 0) is 96.7 Å². The van der Waals surface area contributed by atoms with Gasteiger partial charge in [0.15, 0.2) is 17.5 Å². The minimum Gasteiger partial charge on any atom is -0.456 e. The van der Waals surface area contributed by atoms with Crippen molar-refractivity contribution in [3.8, 4) is 89.8 Å². The van der Waals surface area contributed by atoms with Crippen LogP contribution >= 0.6 is 0 Å². The van der Waals surface area contributed by atoms with Crippen molar-refractivity contribution in [1.29, 1.82) is 0 Å². The number of hydrogen-bond acceptors (Lipinski definition) is 4. The number of para-hydroxylation sites is 1. The average molecular weight is 830 g/mol. The summed E-state index contributed by atoms with van der Waals surface area (Å²) in [6.45, 7) is 0. The molecule has 0 aliphatic heterocycles. The Labute approximate surface area is 376 Å². The monoisotopic (exact) mass is 829 g/mol. The Morgan fingerprint density at radius 3 is 1.38 bits per heavy atom. The van der Waals surface area contributed by atoms with Gasteiger partial charge in [0.05, 0.1) is 0 Å². The molecule has 0 saturated carbocycles. The van der Waals surface area contributed by atoms with Crippen LogP contribution in [0.2, 0.25) is 0 Å². The molecule has 2 aromatic heterocycles. The van der Waals surface area contributed by atoms with Crippen molar-refractivity contribution in [2.45, 2.75) is 0 Å². The fourth-order valence-electron chi connectivity index (χ4n) is 9.04. The zero-order valence-corrected chi connectivity index (χ0v) is 35.3. The molecule has 0 aliphatic carbocycles. The van der Waals surface area contributed by atoms with Crippen LogP contribution in [0, 0.1) is 0 Å². The Bertz CT molecular complexity index is 3690.